The zero-order chi connectivity index (χ0) is 28.2. The van der Waals surface area contributed by atoms with Gasteiger partial charge in [0.2, 0.25) is 0 Å². The molecule has 4 nitrogen and oxygen atoms in total. The van der Waals surface area contributed by atoms with Crippen molar-refractivity contribution >= 4 is 11.6 Å². The van der Waals surface area contributed by atoms with E-state index in [1.807, 2.05) is 0 Å². The Morgan fingerprint density at radius 1 is 0.447 bits per heavy atom. The Hall–Kier alpha value is -0.740. The number of rotatable bonds is 31. The van der Waals surface area contributed by atoms with Crippen molar-refractivity contribution in [3.05, 3.63) is 0 Å². The van der Waals surface area contributed by atoms with Gasteiger partial charge < -0.3 is 11.5 Å². The highest BCUT2D eigenvalue weighted by molar-refractivity contribution is 5.79. The van der Waals surface area contributed by atoms with Crippen molar-refractivity contribution in [1.29, 1.82) is 0 Å². The molecular formula is C34H68N2O2. The molecule has 0 saturated carbocycles. The standard InChI is InChI=1S/C34H68N2O2/c1-3-5-7-9-11-13-15-17-19-21-23-25-32(37)27-29-34(36,31-35)30-28-33(38)26-24-22-20-18-16-14-12-10-8-6-4-2/h3-31,35-36H2,1-2H3. The molecule has 0 aromatic rings. The van der Waals surface area contributed by atoms with Crippen molar-refractivity contribution in [3.63, 3.8) is 0 Å². The second kappa shape index (κ2) is 27.8. The lowest BCUT2D eigenvalue weighted by Gasteiger charge is -2.27. The largest absolute Gasteiger partial charge is 0.329 e. The molecule has 0 fully saturated rings. The van der Waals surface area contributed by atoms with Gasteiger partial charge in [0.1, 0.15) is 11.6 Å². The van der Waals surface area contributed by atoms with Crippen molar-refractivity contribution in [2.75, 3.05) is 6.54 Å². The Bertz CT molecular complexity index is 493. The second-order valence-corrected chi connectivity index (χ2v) is 12.2. The first-order valence-electron chi connectivity index (χ1n) is 17.0. The average Bonchev–Trinajstić information content (AvgIpc) is 2.92. The first-order chi connectivity index (χ1) is 18.5. The van der Waals surface area contributed by atoms with Gasteiger partial charge in [0.05, 0.1) is 0 Å². The summed E-state index contributed by atoms with van der Waals surface area (Å²) in [5.74, 6) is 0.605. The highest BCUT2D eigenvalue weighted by Gasteiger charge is 2.24. The Morgan fingerprint density at radius 3 is 0.974 bits per heavy atom. The maximum Gasteiger partial charge on any atom is 0.132 e. The van der Waals surface area contributed by atoms with Gasteiger partial charge in [-0.1, -0.05) is 142 Å². The molecule has 0 aliphatic rings. The van der Waals surface area contributed by atoms with Gasteiger partial charge in [-0.15, -0.1) is 0 Å². The van der Waals surface area contributed by atoms with Crippen LogP contribution in [0.25, 0.3) is 0 Å². The fourth-order valence-corrected chi connectivity index (χ4v) is 5.33. The van der Waals surface area contributed by atoms with Crippen LogP contribution in [0.5, 0.6) is 0 Å². The monoisotopic (exact) mass is 537 g/mol. The summed E-state index contributed by atoms with van der Waals surface area (Å²) < 4.78 is 0. The van der Waals surface area contributed by atoms with E-state index < -0.39 is 5.54 Å². The quantitative estimate of drug-likeness (QED) is 0.0863. The number of unbranched alkanes of at least 4 members (excludes halogenated alkanes) is 20. The predicted molar refractivity (Wildman–Crippen MR) is 167 cm³/mol. The van der Waals surface area contributed by atoms with E-state index in [4.69, 9.17) is 11.5 Å². The maximum absolute atomic E-state index is 12.4. The second-order valence-electron chi connectivity index (χ2n) is 12.2. The molecule has 0 radical (unpaired) electrons. The molecule has 226 valence electrons. The molecule has 0 spiro atoms. The van der Waals surface area contributed by atoms with Crippen LogP contribution in [0.1, 0.15) is 194 Å². The summed E-state index contributed by atoms with van der Waals surface area (Å²) in [7, 11) is 0. The lowest BCUT2D eigenvalue weighted by molar-refractivity contribution is -0.119. The third-order valence-corrected chi connectivity index (χ3v) is 8.33. The summed E-state index contributed by atoms with van der Waals surface area (Å²) >= 11 is 0. The molecule has 0 saturated heterocycles. The number of nitrogens with two attached hydrogens (primary N) is 2. The Balaban J connectivity index is 3.70. The van der Waals surface area contributed by atoms with Gasteiger partial charge in [0, 0.05) is 37.8 Å². The summed E-state index contributed by atoms with van der Waals surface area (Å²) in [5.41, 5.74) is 11.9. The van der Waals surface area contributed by atoms with Crippen LogP contribution in [0.4, 0.5) is 0 Å². The van der Waals surface area contributed by atoms with Gasteiger partial charge >= 0.3 is 0 Å². The molecule has 4 heteroatoms. The molecule has 0 aliphatic carbocycles. The Morgan fingerprint density at radius 2 is 0.711 bits per heavy atom. The van der Waals surface area contributed by atoms with E-state index in [2.05, 4.69) is 13.8 Å². The minimum atomic E-state index is -0.584. The summed E-state index contributed by atoms with van der Waals surface area (Å²) in [6.07, 6.45) is 32.0. The highest BCUT2D eigenvalue weighted by atomic mass is 16.1. The van der Waals surface area contributed by atoms with Crippen LogP contribution in [0.3, 0.4) is 0 Å². The molecule has 0 aliphatic heterocycles. The van der Waals surface area contributed by atoms with Gasteiger partial charge in [0.15, 0.2) is 0 Å². The van der Waals surface area contributed by atoms with Gasteiger partial charge in [-0.25, -0.2) is 0 Å². The summed E-state index contributed by atoms with van der Waals surface area (Å²) in [4.78, 5) is 24.7. The molecule has 38 heavy (non-hydrogen) atoms. The third kappa shape index (κ3) is 25.5. The van der Waals surface area contributed by atoms with Crippen molar-refractivity contribution in [3.8, 4) is 0 Å². The number of hydrogen-bond donors (Lipinski definition) is 2. The molecular weight excluding hydrogens is 468 g/mol. The van der Waals surface area contributed by atoms with E-state index in [9.17, 15) is 9.59 Å². The number of Topliss-reactive ketones (excluding diaryl/α,β-unsaturated/α-hetero) is 2. The zero-order valence-corrected chi connectivity index (χ0v) is 26.0. The number of ketones is 2. The van der Waals surface area contributed by atoms with Crippen LogP contribution in [0, 0.1) is 0 Å². The van der Waals surface area contributed by atoms with Crippen LogP contribution < -0.4 is 11.5 Å². The van der Waals surface area contributed by atoms with Crippen molar-refractivity contribution in [1.82, 2.24) is 0 Å². The van der Waals surface area contributed by atoms with E-state index in [1.165, 1.54) is 116 Å². The van der Waals surface area contributed by atoms with Crippen LogP contribution >= 0.6 is 0 Å². The lowest BCUT2D eigenvalue weighted by atomic mass is 9.86. The van der Waals surface area contributed by atoms with E-state index in [0.29, 0.717) is 56.6 Å². The van der Waals surface area contributed by atoms with Gasteiger partial charge in [-0.3, -0.25) is 9.59 Å². The van der Waals surface area contributed by atoms with Gasteiger partial charge in [0.25, 0.3) is 0 Å². The molecule has 0 unspecified atom stereocenters. The summed E-state index contributed by atoms with van der Waals surface area (Å²) in [6, 6.07) is 0. The topological polar surface area (TPSA) is 86.2 Å². The fraction of sp³-hybridized carbons (Fsp3) is 0.941. The minimum Gasteiger partial charge on any atom is -0.329 e. The number of carbonyl (C=O) groups is 2. The van der Waals surface area contributed by atoms with Crippen molar-refractivity contribution in [2.24, 2.45) is 11.5 Å². The maximum atomic E-state index is 12.4. The van der Waals surface area contributed by atoms with Crippen LogP contribution in [-0.4, -0.2) is 23.7 Å². The molecule has 0 aromatic carbocycles. The molecule has 0 amide bonds. The lowest BCUT2D eigenvalue weighted by Crippen LogP contribution is -2.47. The fourth-order valence-electron chi connectivity index (χ4n) is 5.33. The summed E-state index contributed by atoms with van der Waals surface area (Å²) in [5, 5.41) is 0. The molecule has 0 aromatic heterocycles. The van der Waals surface area contributed by atoms with Crippen LogP contribution in [0.15, 0.2) is 0 Å². The molecule has 4 N–H and O–H groups in total. The normalized spacial score (nSPS) is 11.8. The first-order valence-corrected chi connectivity index (χ1v) is 17.0. The van der Waals surface area contributed by atoms with Gasteiger partial charge in [-0.05, 0) is 25.7 Å². The zero-order valence-electron chi connectivity index (χ0n) is 26.0. The van der Waals surface area contributed by atoms with E-state index >= 15 is 0 Å². The van der Waals surface area contributed by atoms with E-state index in [1.54, 1.807) is 0 Å². The molecule has 0 heterocycles. The van der Waals surface area contributed by atoms with Crippen molar-refractivity contribution < 1.29 is 9.59 Å². The summed E-state index contributed by atoms with van der Waals surface area (Å²) in [6.45, 7) is 4.86. The smallest absolute Gasteiger partial charge is 0.132 e. The van der Waals surface area contributed by atoms with Crippen LogP contribution in [0.2, 0.25) is 0 Å². The molecule has 0 atom stereocenters. The average molecular weight is 537 g/mol. The number of carbonyl (C=O) groups excluding carboxylic acids is 2. The van der Waals surface area contributed by atoms with Crippen molar-refractivity contribution in [2.45, 2.75) is 199 Å². The van der Waals surface area contributed by atoms with Crippen LogP contribution in [-0.2, 0) is 9.59 Å². The molecule has 0 rings (SSSR count). The Labute approximate surface area is 238 Å². The third-order valence-electron chi connectivity index (χ3n) is 8.33. The van der Waals surface area contributed by atoms with E-state index in [-0.39, 0.29) is 0 Å². The Kier molecular flexibility index (Phi) is 27.3. The first kappa shape index (κ1) is 37.3. The SMILES string of the molecule is CCCCCCCCCCCCCC(=O)CCC(N)(CN)CCC(=O)CCCCCCCCCCCCC. The number of hydrogen-bond acceptors (Lipinski definition) is 4. The van der Waals surface area contributed by atoms with E-state index in [0.717, 1.165) is 25.7 Å². The predicted octanol–water partition coefficient (Wildman–Crippen LogP) is 9.74. The molecule has 0 bridgehead atoms. The van der Waals surface area contributed by atoms with Gasteiger partial charge in [-0.2, -0.15) is 0 Å². The minimum absolute atomic E-state index is 0.302. The highest BCUT2D eigenvalue weighted by Crippen LogP contribution is 2.19.